The third kappa shape index (κ3) is 4.68. The molecule has 0 bridgehead atoms. The molecule has 0 aliphatic carbocycles. The van der Waals surface area contributed by atoms with E-state index < -0.39 is 0 Å². The smallest absolute Gasteiger partial charge is 0.238 e. The summed E-state index contributed by atoms with van der Waals surface area (Å²) in [6.07, 6.45) is 0.937. The summed E-state index contributed by atoms with van der Waals surface area (Å²) in [6.45, 7) is 8.26. The summed E-state index contributed by atoms with van der Waals surface area (Å²) in [5.41, 5.74) is 1.28. The van der Waals surface area contributed by atoms with Gasteiger partial charge in [-0.3, -0.25) is 4.79 Å². The van der Waals surface area contributed by atoms with Crippen molar-refractivity contribution in [3.63, 3.8) is 0 Å². The van der Waals surface area contributed by atoms with Gasteiger partial charge in [0.2, 0.25) is 5.91 Å². The lowest BCUT2D eigenvalue weighted by Crippen LogP contribution is -2.43. The molecule has 1 aromatic rings. The van der Waals surface area contributed by atoms with Crippen LogP contribution >= 0.6 is 23.2 Å². The van der Waals surface area contributed by atoms with Crippen molar-refractivity contribution >= 4 is 34.8 Å². The van der Waals surface area contributed by atoms with E-state index in [4.69, 9.17) is 23.2 Å². The normalized spacial score (nSPS) is 11.5. The quantitative estimate of drug-likeness (QED) is 0.862. The highest BCUT2D eigenvalue weighted by Gasteiger charge is 2.17. The zero-order chi connectivity index (χ0) is 14.6. The van der Waals surface area contributed by atoms with Gasteiger partial charge < -0.3 is 10.6 Å². The molecular formula is C14H20Cl2N2O. The summed E-state index contributed by atoms with van der Waals surface area (Å²) in [5, 5.41) is 6.86. The molecule has 3 nitrogen and oxygen atoms in total. The lowest BCUT2D eigenvalue weighted by atomic mass is 10.0. The number of aryl methyl sites for hydroxylation is 1. The summed E-state index contributed by atoms with van der Waals surface area (Å²) in [5.74, 6) is -0.157. The second-order valence-electron chi connectivity index (χ2n) is 5.19. The van der Waals surface area contributed by atoms with Crippen molar-refractivity contribution in [2.45, 2.75) is 39.7 Å². The molecule has 0 aliphatic heterocycles. The molecule has 1 aromatic carbocycles. The number of benzene rings is 1. The van der Waals surface area contributed by atoms with Crippen molar-refractivity contribution in [3.05, 3.63) is 27.7 Å². The molecule has 5 heteroatoms. The number of anilines is 1. The highest BCUT2D eigenvalue weighted by Crippen LogP contribution is 2.32. The minimum absolute atomic E-state index is 0.0719. The zero-order valence-corrected chi connectivity index (χ0v) is 13.2. The second kappa shape index (κ2) is 6.60. The van der Waals surface area contributed by atoms with Gasteiger partial charge in [-0.2, -0.15) is 0 Å². The maximum absolute atomic E-state index is 11.9. The van der Waals surface area contributed by atoms with E-state index in [9.17, 15) is 4.79 Å². The molecule has 0 unspecified atom stereocenters. The van der Waals surface area contributed by atoms with Crippen molar-refractivity contribution in [2.24, 2.45) is 0 Å². The van der Waals surface area contributed by atoms with Gasteiger partial charge in [0.1, 0.15) is 0 Å². The highest BCUT2D eigenvalue weighted by molar-refractivity contribution is 6.40. The van der Waals surface area contributed by atoms with Crippen LogP contribution in [0, 0.1) is 6.92 Å². The van der Waals surface area contributed by atoms with E-state index in [1.165, 1.54) is 0 Å². The van der Waals surface area contributed by atoms with E-state index in [1.807, 2.05) is 26.8 Å². The zero-order valence-electron chi connectivity index (χ0n) is 11.7. The van der Waals surface area contributed by atoms with Gasteiger partial charge in [0.15, 0.2) is 0 Å². The lowest BCUT2D eigenvalue weighted by molar-refractivity contribution is -0.115. The number of nitrogens with one attached hydrogen (secondary N) is 2. The first-order valence-electron chi connectivity index (χ1n) is 6.26. The van der Waals surface area contributed by atoms with E-state index in [1.54, 1.807) is 6.07 Å². The van der Waals surface area contributed by atoms with Crippen LogP contribution in [0.25, 0.3) is 0 Å². The van der Waals surface area contributed by atoms with Crippen LogP contribution < -0.4 is 10.6 Å². The van der Waals surface area contributed by atoms with E-state index in [-0.39, 0.29) is 18.0 Å². The van der Waals surface area contributed by atoms with Crippen LogP contribution in [0.1, 0.15) is 32.8 Å². The van der Waals surface area contributed by atoms with Crippen LogP contribution in [0.15, 0.2) is 12.1 Å². The topological polar surface area (TPSA) is 41.1 Å². The first-order chi connectivity index (χ1) is 8.76. The third-order valence-corrected chi connectivity index (χ3v) is 3.96. The Morgan fingerprint density at radius 2 is 1.95 bits per heavy atom. The number of carbonyl (C=O) groups is 1. The van der Waals surface area contributed by atoms with Crippen LogP contribution in [0.2, 0.25) is 10.0 Å². The van der Waals surface area contributed by atoms with Crippen LogP contribution in [-0.2, 0) is 4.79 Å². The van der Waals surface area contributed by atoms with Crippen LogP contribution in [0.3, 0.4) is 0 Å². The fourth-order valence-electron chi connectivity index (χ4n) is 1.40. The standard InChI is InChI=1S/C14H20Cl2N2O/c1-5-14(3,4)17-8-11(19)18-13-10(15)7-6-9(2)12(13)16/h6-7,17H,5,8H2,1-4H3,(H,18,19). The summed E-state index contributed by atoms with van der Waals surface area (Å²) in [4.78, 5) is 11.9. The molecule has 0 fully saturated rings. The van der Waals surface area contributed by atoms with Gasteiger partial charge in [-0.1, -0.05) is 36.2 Å². The third-order valence-electron chi connectivity index (χ3n) is 3.16. The van der Waals surface area contributed by atoms with E-state index in [0.29, 0.717) is 15.7 Å². The Balaban J connectivity index is 2.71. The van der Waals surface area contributed by atoms with Crippen molar-refractivity contribution in [2.75, 3.05) is 11.9 Å². The monoisotopic (exact) mass is 302 g/mol. The summed E-state index contributed by atoms with van der Waals surface area (Å²) in [6, 6.07) is 3.54. The largest absolute Gasteiger partial charge is 0.322 e. The Morgan fingerprint density at radius 1 is 1.32 bits per heavy atom. The molecule has 0 heterocycles. The fraction of sp³-hybridized carbons (Fsp3) is 0.500. The van der Waals surface area contributed by atoms with E-state index in [2.05, 4.69) is 17.6 Å². The van der Waals surface area contributed by atoms with E-state index >= 15 is 0 Å². The molecule has 2 N–H and O–H groups in total. The Kier molecular flexibility index (Phi) is 5.65. The second-order valence-corrected chi connectivity index (χ2v) is 5.98. The number of halogens is 2. The van der Waals surface area contributed by atoms with Crippen molar-refractivity contribution in [3.8, 4) is 0 Å². The molecule has 106 valence electrons. The minimum atomic E-state index is -0.157. The van der Waals surface area contributed by atoms with Gasteiger partial charge in [0.05, 0.1) is 22.3 Å². The molecule has 0 saturated heterocycles. The summed E-state index contributed by atoms with van der Waals surface area (Å²) in [7, 11) is 0. The predicted octanol–water partition coefficient (Wildman–Crippen LogP) is 4.02. The molecule has 0 aliphatic rings. The van der Waals surface area contributed by atoms with Crippen molar-refractivity contribution in [1.29, 1.82) is 0 Å². The Morgan fingerprint density at radius 3 is 2.53 bits per heavy atom. The number of rotatable bonds is 5. The Hall–Kier alpha value is -0.770. The molecule has 19 heavy (non-hydrogen) atoms. The molecule has 0 saturated carbocycles. The maximum atomic E-state index is 11.9. The van der Waals surface area contributed by atoms with Gasteiger partial charge in [0.25, 0.3) is 0 Å². The fourth-order valence-corrected chi connectivity index (χ4v) is 1.86. The van der Waals surface area contributed by atoms with Gasteiger partial charge >= 0.3 is 0 Å². The Bertz CT molecular complexity index is 473. The lowest BCUT2D eigenvalue weighted by Gasteiger charge is -2.24. The van der Waals surface area contributed by atoms with Crippen LogP contribution in [0.5, 0.6) is 0 Å². The van der Waals surface area contributed by atoms with Crippen molar-refractivity contribution < 1.29 is 4.79 Å². The number of hydrogen-bond donors (Lipinski definition) is 2. The molecule has 0 spiro atoms. The van der Waals surface area contributed by atoms with E-state index in [0.717, 1.165) is 12.0 Å². The summed E-state index contributed by atoms with van der Waals surface area (Å²) >= 11 is 12.2. The number of hydrogen-bond acceptors (Lipinski definition) is 2. The number of carbonyl (C=O) groups excluding carboxylic acids is 1. The SMILES string of the molecule is CCC(C)(C)NCC(=O)Nc1c(Cl)ccc(C)c1Cl. The summed E-state index contributed by atoms with van der Waals surface area (Å²) < 4.78 is 0. The van der Waals surface area contributed by atoms with Crippen LogP contribution in [-0.4, -0.2) is 18.0 Å². The van der Waals surface area contributed by atoms with Crippen molar-refractivity contribution in [1.82, 2.24) is 5.32 Å². The molecule has 0 radical (unpaired) electrons. The molecule has 1 amide bonds. The molecule has 0 aromatic heterocycles. The molecule has 0 atom stereocenters. The first-order valence-corrected chi connectivity index (χ1v) is 7.02. The van der Waals surface area contributed by atoms with Gasteiger partial charge in [-0.25, -0.2) is 0 Å². The highest BCUT2D eigenvalue weighted by atomic mass is 35.5. The van der Waals surface area contributed by atoms with Gasteiger partial charge in [-0.05, 0) is 38.8 Å². The Labute approximate surface area is 124 Å². The average molecular weight is 303 g/mol. The first kappa shape index (κ1) is 16.3. The average Bonchev–Trinajstić information content (AvgIpc) is 2.37. The molecule has 1 rings (SSSR count). The van der Waals surface area contributed by atoms with Gasteiger partial charge in [-0.15, -0.1) is 0 Å². The predicted molar refractivity (Wildman–Crippen MR) is 82.2 cm³/mol. The number of amides is 1. The van der Waals surface area contributed by atoms with Gasteiger partial charge in [0, 0.05) is 5.54 Å². The molecular weight excluding hydrogens is 283 g/mol. The maximum Gasteiger partial charge on any atom is 0.238 e. The minimum Gasteiger partial charge on any atom is -0.322 e. The van der Waals surface area contributed by atoms with Crippen LogP contribution in [0.4, 0.5) is 5.69 Å².